The second-order valence-electron chi connectivity index (χ2n) is 2.84. The summed E-state index contributed by atoms with van der Waals surface area (Å²) in [5.41, 5.74) is 1.78. The lowest BCUT2D eigenvalue weighted by molar-refractivity contribution is -0.141. The van der Waals surface area contributed by atoms with Crippen LogP contribution in [0, 0.1) is 5.92 Å². The summed E-state index contributed by atoms with van der Waals surface area (Å²) < 4.78 is 4.67. The van der Waals surface area contributed by atoms with Crippen LogP contribution in [0.3, 0.4) is 0 Å². The topological polar surface area (TPSA) is 38.7 Å². The first-order valence-electron chi connectivity index (χ1n) is 4.04. The summed E-state index contributed by atoms with van der Waals surface area (Å²) in [6.07, 6.45) is 9.16. The number of nitrogens with zero attached hydrogens (tertiary/aromatic N) is 1. The molecule has 2 aliphatic rings. The van der Waals surface area contributed by atoms with E-state index in [1.54, 1.807) is 12.3 Å². The minimum absolute atomic E-state index is 0.260. The lowest BCUT2D eigenvalue weighted by Crippen LogP contribution is -2.24. The van der Waals surface area contributed by atoms with Gasteiger partial charge in [0, 0.05) is 6.20 Å². The van der Waals surface area contributed by atoms with Crippen LogP contribution in [-0.2, 0) is 9.53 Å². The highest BCUT2D eigenvalue weighted by molar-refractivity contribution is 6.16. The summed E-state index contributed by atoms with van der Waals surface area (Å²) in [6, 6.07) is 0. The van der Waals surface area contributed by atoms with Gasteiger partial charge in [0.15, 0.2) is 0 Å². The van der Waals surface area contributed by atoms with Gasteiger partial charge in [-0.1, -0.05) is 18.2 Å². The summed E-state index contributed by atoms with van der Waals surface area (Å²) in [7, 11) is 1.39. The number of allylic oxidation sites excluding steroid dienone is 4. The molecule has 0 fully saturated rings. The van der Waals surface area contributed by atoms with Crippen LogP contribution in [0.2, 0.25) is 0 Å². The molecule has 1 heterocycles. The Hall–Kier alpha value is -1.64. The third-order valence-corrected chi connectivity index (χ3v) is 2.09. The van der Waals surface area contributed by atoms with Crippen molar-refractivity contribution in [1.29, 1.82) is 0 Å². The first kappa shape index (κ1) is 7.98. The number of rotatable bonds is 1. The van der Waals surface area contributed by atoms with Crippen molar-refractivity contribution in [2.45, 2.75) is 0 Å². The Labute approximate surface area is 76.1 Å². The van der Waals surface area contributed by atoms with Crippen LogP contribution >= 0.6 is 0 Å². The normalized spacial score (nSPS) is 23.6. The van der Waals surface area contributed by atoms with E-state index in [1.165, 1.54) is 7.11 Å². The Bertz CT molecular complexity index is 361. The summed E-state index contributed by atoms with van der Waals surface area (Å²) in [5, 5.41) is 0. The van der Waals surface area contributed by atoms with Gasteiger partial charge in [-0.25, -0.2) is 0 Å². The molecule has 3 nitrogen and oxygen atoms in total. The van der Waals surface area contributed by atoms with Crippen LogP contribution in [0.25, 0.3) is 0 Å². The minimum Gasteiger partial charge on any atom is -0.468 e. The van der Waals surface area contributed by atoms with Crippen molar-refractivity contribution in [2.24, 2.45) is 10.9 Å². The lowest BCUT2D eigenvalue weighted by atomic mass is 9.93. The molecular formula is C10H9NO2. The van der Waals surface area contributed by atoms with Gasteiger partial charge in [0.2, 0.25) is 0 Å². The largest absolute Gasteiger partial charge is 0.468 e. The highest BCUT2D eigenvalue weighted by Gasteiger charge is 2.27. The quantitative estimate of drug-likeness (QED) is 0.562. The number of esters is 1. The molecule has 13 heavy (non-hydrogen) atoms. The monoisotopic (exact) mass is 175 g/mol. The van der Waals surface area contributed by atoms with Crippen LogP contribution in [0.1, 0.15) is 0 Å². The maximum atomic E-state index is 11.3. The fourth-order valence-electron chi connectivity index (χ4n) is 1.44. The average molecular weight is 175 g/mol. The molecular weight excluding hydrogens is 166 g/mol. The molecule has 1 atom stereocenters. The molecule has 0 saturated carbocycles. The van der Waals surface area contributed by atoms with E-state index >= 15 is 0 Å². The predicted octanol–water partition coefficient (Wildman–Crippen LogP) is 1.24. The van der Waals surface area contributed by atoms with E-state index in [9.17, 15) is 4.79 Å². The van der Waals surface area contributed by atoms with Crippen LogP contribution in [0.5, 0.6) is 0 Å². The van der Waals surface area contributed by atoms with Crippen molar-refractivity contribution in [2.75, 3.05) is 7.11 Å². The molecule has 0 aromatic rings. The smallest absolute Gasteiger partial charge is 0.318 e. The maximum Gasteiger partial charge on any atom is 0.318 e. The highest BCUT2D eigenvalue weighted by Crippen LogP contribution is 2.22. The Balaban J connectivity index is 2.30. The SMILES string of the molecule is COC(=O)C1C=CC=C2C=CN=C21. The van der Waals surface area contributed by atoms with Crippen molar-refractivity contribution >= 4 is 11.7 Å². The predicted molar refractivity (Wildman–Crippen MR) is 49.3 cm³/mol. The minimum atomic E-state index is -0.333. The molecule has 0 aromatic heterocycles. The van der Waals surface area contributed by atoms with Crippen LogP contribution in [-0.4, -0.2) is 18.8 Å². The number of hydrogen-bond donors (Lipinski definition) is 0. The van der Waals surface area contributed by atoms with Gasteiger partial charge in [0.1, 0.15) is 5.92 Å². The zero-order valence-electron chi connectivity index (χ0n) is 7.23. The fraction of sp³-hybridized carbons (Fsp3) is 0.200. The molecule has 0 spiro atoms. The molecule has 0 bridgehead atoms. The van der Waals surface area contributed by atoms with E-state index in [0.29, 0.717) is 0 Å². The van der Waals surface area contributed by atoms with Gasteiger partial charge in [-0.15, -0.1) is 0 Å². The van der Waals surface area contributed by atoms with E-state index in [4.69, 9.17) is 0 Å². The third kappa shape index (κ3) is 1.22. The van der Waals surface area contributed by atoms with Crippen molar-refractivity contribution in [3.63, 3.8) is 0 Å². The summed E-state index contributed by atoms with van der Waals surface area (Å²) in [5.74, 6) is -0.593. The van der Waals surface area contributed by atoms with Gasteiger partial charge in [0.05, 0.1) is 12.8 Å². The number of aliphatic imine (C=N–C) groups is 1. The van der Waals surface area contributed by atoms with Gasteiger partial charge >= 0.3 is 5.97 Å². The van der Waals surface area contributed by atoms with Gasteiger partial charge in [-0.05, 0) is 11.6 Å². The number of methoxy groups -OCH3 is 1. The van der Waals surface area contributed by atoms with E-state index in [2.05, 4.69) is 9.73 Å². The fourth-order valence-corrected chi connectivity index (χ4v) is 1.44. The number of fused-ring (bicyclic) bond motifs is 1. The molecule has 1 aliphatic heterocycles. The molecule has 1 unspecified atom stereocenters. The van der Waals surface area contributed by atoms with E-state index in [0.717, 1.165) is 11.3 Å². The molecule has 0 saturated heterocycles. The van der Waals surface area contributed by atoms with Gasteiger partial charge in [-0.3, -0.25) is 9.79 Å². The first-order valence-corrected chi connectivity index (χ1v) is 4.04. The number of hydrogen-bond acceptors (Lipinski definition) is 3. The molecule has 0 amide bonds. The van der Waals surface area contributed by atoms with Gasteiger partial charge in [0.25, 0.3) is 0 Å². The first-order chi connectivity index (χ1) is 6.33. The van der Waals surface area contributed by atoms with E-state index in [-0.39, 0.29) is 11.9 Å². The third-order valence-electron chi connectivity index (χ3n) is 2.09. The lowest BCUT2D eigenvalue weighted by Gasteiger charge is -2.14. The van der Waals surface area contributed by atoms with Crippen molar-refractivity contribution in [1.82, 2.24) is 0 Å². The van der Waals surface area contributed by atoms with Crippen molar-refractivity contribution in [3.05, 3.63) is 36.1 Å². The Kier molecular flexibility index (Phi) is 1.85. The van der Waals surface area contributed by atoms with Gasteiger partial charge < -0.3 is 4.74 Å². The number of ether oxygens (including phenoxy) is 1. The molecule has 66 valence electrons. The molecule has 0 N–H and O–H groups in total. The van der Waals surface area contributed by atoms with Crippen LogP contribution in [0.15, 0.2) is 41.1 Å². The number of carbonyl (C=O) groups excluding carboxylic acids is 1. The van der Waals surface area contributed by atoms with E-state index < -0.39 is 0 Å². The molecule has 1 aliphatic carbocycles. The second kappa shape index (κ2) is 3.01. The van der Waals surface area contributed by atoms with Crippen molar-refractivity contribution in [3.8, 4) is 0 Å². The average Bonchev–Trinajstić information content (AvgIpc) is 2.63. The highest BCUT2D eigenvalue weighted by atomic mass is 16.5. The van der Waals surface area contributed by atoms with Crippen LogP contribution < -0.4 is 0 Å². The molecule has 0 radical (unpaired) electrons. The standard InChI is InChI=1S/C10H9NO2/c1-13-10(12)8-4-2-3-7-5-6-11-9(7)8/h2-6,8H,1H3. The van der Waals surface area contributed by atoms with E-state index in [1.807, 2.05) is 18.2 Å². The zero-order valence-corrected chi connectivity index (χ0v) is 7.23. The number of carbonyl (C=O) groups is 1. The summed E-state index contributed by atoms with van der Waals surface area (Å²) in [6.45, 7) is 0. The zero-order chi connectivity index (χ0) is 9.26. The summed E-state index contributed by atoms with van der Waals surface area (Å²) in [4.78, 5) is 15.4. The summed E-state index contributed by atoms with van der Waals surface area (Å²) >= 11 is 0. The Morgan fingerprint density at radius 1 is 1.62 bits per heavy atom. The molecule has 2 rings (SSSR count). The maximum absolute atomic E-state index is 11.3. The van der Waals surface area contributed by atoms with Gasteiger partial charge in [-0.2, -0.15) is 0 Å². The second-order valence-corrected chi connectivity index (χ2v) is 2.84. The Morgan fingerprint density at radius 2 is 2.46 bits per heavy atom. The Morgan fingerprint density at radius 3 is 3.23 bits per heavy atom. The molecule has 3 heteroatoms. The van der Waals surface area contributed by atoms with Crippen LogP contribution in [0.4, 0.5) is 0 Å². The molecule has 0 aromatic carbocycles. The van der Waals surface area contributed by atoms with Crippen molar-refractivity contribution < 1.29 is 9.53 Å².